The Morgan fingerprint density at radius 2 is 1.14 bits per heavy atom. The highest BCUT2D eigenvalue weighted by atomic mass is 19.4. The molecule has 0 spiro atoms. The van der Waals surface area contributed by atoms with Crippen LogP contribution in [0.3, 0.4) is 0 Å². The monoisotopic (exact) mass is 417 g/mol. The highest BCUT2D eigenvalue weighted by molar-refractivity contribution is 5.82. The zero-order valence-electron chi connectivity index (χ0n) is 13.6. The highest BCUT2D eigenvalue weighted by Gasteiger charge is 2.34. The summed E-state index contributed by atoms with van der Waals surface area (Å²) >= 11 is 0. The van der Waals surface area contributed by atoms with Gasteiger partial charge in [-0.3, -0.25) is 40.5 Å². The Balaban J connectivity index is 2.75. The number of nitro groups is 4. The van der Waals surface area contributed by atoms with Crippen LogP contribution in [0, 0.1) is 40.5 Å². The SMILES string of the molecule is O=[N+]([O-])c1cc(Nc2c([N+](=O)[O-])cc([N+](=O)[O-])cc2[N+](=O)[O-])cc(C(F)(F)F)c1. The number of anilines is 2. The van der Waals surface area contributed by atoms with E-state index in [1.165, 1.54) is 0 Å². The summed E-state index contributed by atoms with van der Waals surface area (Å²) in [5.41, 5.74) is -7.65. The molecule has 0 unspecified atom stereocenters. The molecule has 0 aliphatic heterocycles. The average molecular weight is 417 g/mol. The van der Waals surface area contributed by atoms with E-state index in [4.69, 9.17) is 0 Å². The van der Waals surface area contributed by atoms with Crippen molar-refractivity contribution in [3.8, 4) is 0 Å². The third kappa shape index (κ3) is 4.49. The van der Waals surface area contributed by atoms with Gasteiger partial charge in [0.2, 0.25) is 0 Å². The minimum absolute atomic E-state index is 0.198. The van der Waals surface area contributed by atoms with E-state index in [0.29, 0.717) is 24.3 Å². The van der Waals surface area contributed by atoms with E-state index in [0.717, 1.165) is 0 Å². The molecule has 0 aliphatic rings. The van der Waals surface area contributed by atoms with Crippen molar-refractivity contribution in [1.82, 2.24) is 0 Å². The van der Waals surface area contributed by atoms with Gasteiger partial charge in [0, 0.05) is 17.8 Å². The Morgan fingerprint density at radius 1 is 0.690 bits per heavy atom. The van der Waals surface area contributed by atoms with Crippen molar-refractivity contribution in [1.29, 1.82) is 0 Å². The number of halogens is 3. The van der Waals surface area contributed by atoms with Gasteiger partial charge in [0.25, 0.3) is 11.4 Å². The van der Waals surface area contributed by atoms with Crippen LogP contribution in [0.4, 0.5) is 47.3 Å². The van der Waals surface area contributed by atoms with Crippen LogP contribution in [-0.4, -0.2) is 19.7 Å². The third-order valence-corrected chi connectivity index (χ3v) is 3.41. The lowest BCUT2D eigenvalue weighted by molar-refractivity contribution is -0.401. The first-order valence-corrected chi connectivity index (χ1v) is 7.06. The van der Waals surface area contributed by atoms with Crippen LogP contribution in [0.1, 0.15) is 5.56 Å². The fourth-order valence-electron chi connectivity index (χ4n) is 2.22. The molecule has 0 radical (unpaired) electrons. The number of nitro benzene ring substituents is 4. The van der Waals surface area contributed by atoms with E-state index < -0.39 is 65.6 Å². The highest BCUT2D eigenvalue weighted by Crippen LogP contribution is 2.41. The minimum Gasteiger partial charge on any atom is -0.344 e. The van der Waals surface area contributed by atoms with E-state index >= 15 is 0 Å². The predicted octanol–water partition coefficient (Wildman–Crippen LogP) is 4.08. The van der Waals surface area contributed by atoms with Gasteiger partial charge in [0.1, 0.15) is 0 Å². The molecule has 152 valence electrons. The minimum atomic E-state index is -5.03. The molecule has 1 N–H and O–H groups in total. The maximum atomic E-state index is 13.0. The Hall–Kier alpha value is -4.37. The number of non-ortho nitro benzene ring substituents is 2. The van der Waals surface area contributed by atoms with Gasteiger partial charge in [0.05, 0.1) is 37.4 Å². The van der Waals surface area contributed by atoms with Crippen LogP contribution in [0.15, 0.2) is 30.3 Å². The summed E-state index contributed by atoms with van der Waals surface area (Å²) in [7, 11) is 0. The predicted molar refractivity (Wildman–Crippen MR) is 87.8 cm³/mol. The maximum Gasteiger partial charge on any atom is 0.416 e. The molecule has 0 aliphatic carbocycles. The zero-order chi connectivity index (χ0) is 22.1. The van der Waals surface area contributed by atoms with E-state index in [-0.39, 0.29) is 6.07 Å². The lowest BCUT2D eigenvalue weighted by Crippen LogP contribution is -2.08. The van der Waals surface area contributed by atoms with Crippen molar-refractivity contribution in [3.63, 3.8) is 0 Å². The number of rotatable bonds is 6. The van der Waals surface area contributed by atoms with Gasteiger partial charge in [-0.25, -0.2) is 0 Å². The van der Waals surface area contributed by atoms with Crippen molar-refractivity contribution < 1.29 is 32.9 Å². The van der Waals surface area contributed by atoms with Crippen LogP contribution in [0.5, 0.6) is 0 Å². The normalized spacial score (nSPS) is 11.0. The van der Waals surface area contributed by atoms with E-state index in [1.54, 1.807) is 0 Å². The molecule has 0 fully saturated rings. The van der Waals surface area contributed by atoms with Gasteiger partial charge in [-0.1, -0.05) is 0 Å². The third-order valence-electron chi connectivity index (χ3n) is 3.41. The van der Waals surface area contributed by atoms with E-state index in [1.807, 2.05) is 5.32 Å². The van der Waals surface area contributed by atoms with Gasteiger partial charge in [-0.2, -0.15) is 13.2 Å². The molecule has 0 aromatic heterocycles. The molecule has 2 aromatic carbocycles. The summed E-state index contributed by atoms with van der Waals surface area (Å²) in [6.45, 7) is 0. The molecule has 2 aromatic rings. The van der Waals surface area contributed by atoms with E-state index in [2.05, 4.69) is 0 Å². The average Bonchev–Trinajstić information content (AvgIpc) is 2.60. The molecule has 0 atom stereocenters. The number of hydrogen-bond donors (Lipinski definition) is 1. The molecular formula is C13H6F3N5O8. The van der Waals surface area contributed by atoms with Crippen molar-refractivity contribution in [3.05, 3.63) is 76.4 Å². The maximum absolute atomic E-state index is 13.0. The molecule has 29 heavy (non-hydrogen) atoms. The van der Waals surface area contributed by atoms with E-state index in [9.17, 15) is 53.6 Å². The molecule has 0 saturated carbocycles. The molecule has 0 bridgehead atoms. The Morgan fingerprint density at radius 3 is 1.52 bits per heavy atom. The zero-order valence-corrected chi connectivity index (χ0v) is 13.6. The summed E-state index contributed by atoms with van der Waals surface area (Å²) in [5.74, 6) is 0. The van der Waals surface area contributed by atoms with Gasteiger partial charge in [-0.05, 0) is 6.07 Å². The first-order valence-electron chi connectivity index (χ1n) is 7.06. The van der Waals surface area contributed by atoms with Gasteiger partial charge >= 0.3 is 17.6 Å². The van der Waals surface area contributed by atoms with Crippen molar-refractivity contribution in [2.24, 2.45) is 0 Å². The summed E-state index contributed by atoms with van der Waals surface area (Å²) in [6, 6.07) is 1.81. The first kappa shape index (κ1) is 20.9. The molecular weight excluding hydrogens is 411 g/mol. The summed E-state index contributed by atoms with van der Waals surface area (Å²) in [4.78, 5) is 39.3. The van der Waals surface area contributed by atoms with Crippen molar-refractivity contribution >= 4 is 34.1 Å². The topological polar surface area (TPSA) is 185 Å². The van der Waals surface area contributed by atoms with Crippen LogP contribution < -0.4 is 5.32 Å². The van der Waals surface area contributed by atoms with Gasteiger partial charge in [0.15, 0.2) is 5.69 Å². The number of nitrogens with one attached hydrogen (secondary N) is 1. The Labute approximate surface area is 156 Å². The van der Waals surface area contributed by atoms with Gasteiger partial charge in [-0.15, -0.1) is 0 Å². The second kappa shape index (κ2) is 7.33. The number of benzene rings is 2. The number of alkyl halides is 3. The summed E-state index contributed by atoms with van der Waals surface area (Å²) in [6.07, 6.45) is -5.03. The number of hydrogen-bond acceptors (Lipinski definition) is 9. The van der Waals surface area contributed by atoms with Crippen LogP contribution >= 0.6 is 0 Å². The van der Waals surface area contributed by atoms with Gasteiger partial charge < -0.3 is 5.32 Å². The Bertz CT molecular complexity index is 1020. The Kier molecular flexibility index (Phi) is 5.29. The van der Waals surface area contributed by atoms with Crippen molar-refractivity contribution in [2.75, 3.05) is 5.32 Å². The molecule has 0 amide bonds. The lowest BCUT2D eigenvalue weighted by Gasteiger charge is -2.11. The fraction of sp³-hybridized carbons (Fsp3) is 0.0769. The molecule has 13 nitrogen and oxygen atoms in total. The first-order chi connectivity index (χ1) is 13.3. The molecule has 0 heterocycles. The van der Waals surface area contributed by atoms with Crippen molar-refractivity contribution in [2.45, 2.75) is 6.18 Å². The lowest BCUT2D eigenvalue weighted by atomic mass is 10.1. The number of nitrogens with zero attached hydrogens (tertiary/aromatic N) is 4. The largest absolute Gasteiger partial charge is 0.416 e. The second-order valence-electron chi connectivity index (χ2n) is 5.28. The molecule has 2 rings (SSSR count). The standard InChI is InChI=1S/C13H6F3N5O8/c14-13(15,16)6-1-7(3-8(2-6)18(22)23)17-12-10(20(26)27)4-9(19(24)25)5-11(12)21(28)29/h1-5,17H. The summed E-state index contributed by atoms with van der Waals surface area (Å²) < 4.78 is 38.9. The molecule has 0 saturated heterocycles. The summed E-state index contributed by atoms with van der Waals surface area (Å²) in [5, 5.41) is 46.1. The van der Waals surface area contributed by atoms with Crippen LogP contribution in [0.2, 0.25) is 0 Å². The van der Waals surface area contributed by atoms with Crippen LogP contribution in [-0.2, 0) is 6.18 Å². The smallest absolute Gasteiger partial charge is 0.344 e. The van der Waals surface area contributed by atoms with Crippen LogP contribution in [0.25, 0.3) is 0 Å². The fourth-order valence-corrected chi connectivity index (χ4v) is 2.22. The molecule has 16 heteroatoms. The quantitative estimate of drug-likeness (QED) is 0.534. The second-order valence-corrected chi connectivity index (χ2v) is 5.28.